The minimum atomic E-state index is -0.854. The third-order valence-electron chi connectivity index (χ3n) is 1.70. The minimum Gasteiger partial charge on any atom is -0.505 e. The van der Waals surface area contributed by atoms with Gasteiger partial charge in [0.2, 0.25) is 5.76 Å². The van der Waals surface area contributed by atoms with E-state index in [4.69, 9.17) is 9.84 Å². The molecule has 12 heavy (non-hydrogen) atoms. The highest BCUT2D eigenvalue weighted by molar-refractivity contribution is 5.89. The topological polar surface area (TPSA) is 66.8 Å². The number of ether oxygens (including phenoxy) is 1. The van der Waals surface area contributed by atoms with E-state index in [0.29, 0.717) is 0 Å². The molecule has 0 aromatic rings. The van der Waals surface area contributed by atoms with Crippen LogP contribution in [0.15, 0.2) is 11.5 Å². The molecule has 0 aromatic heterocycles. The monoisotopic (exact) mass is 172 g/mol. The first-order valence-electron chi connectivity index (χ1n) is 3.67. The summed E-state index contributed by atoms with van der Waals surface area (Å²) in [4.78, 5) is 10.8. The third-order valence-corrected chi connectivity index (χ3v) is 1.70. The quantitative estimate of drug-likeness (QED) is 0.540. The average Bonchev–Trinajstić information content (AvgIpc) is 2.15. The van der Waals surface area contributed by atoms with Gasteiger partial charge in [0.15, 0.2) is 11.9 Å². The summed E-state index contributed by atoms with van der Waals surface area (Å²) in [6.07, 6.45) is -0.731. The summed E-state index contributed by atoms with van der Waals surface area (Å²) in [5.74, 6) is -1.89. The van der Waals surface area contributed by atoms with Crippen LogP contribution in [0.4, 0.5) is 0 Å². The van der Waals surface area contributed by atoms with Gasteiger partial charge in [0, 0.05) is 5.41 Å². The first kappa shape index (κ1) is 8.90. The Morgan fingerprint density at radius 1 is 1.33 bits per heavy atom. The van der Waals surface area contributed by atoms with Crippen LogP contribution in [0, 0.1) is 5.41 Å². The molecule has 4 nitrogen and oxygen atoms in total. The van der Waals surface area contributed by atoms with Crippen molar-refractivity contribution in [3.63, 3.8) is 0 Å². The predicted molar refractivity (Wildman–Crippen MR) is 41.6 cm³/mol. The number of cyclic esters (lactones) is 1. The molecule has 0 radical (unpaired) electrons. The van der Waals surface area contributed by atoms with Gasteiger partial charge in [-0.3, -0.25) is 0 Å². The third kappa shape index (κ3) is 1.24. The Labute approximate surface area is 70.5 Å². The SMILES string of the molecule is CC(C)(C)C1OC(=O)C(O)=C1O. The van der Waals surface area contributed by atoms with Gasteiger partial charge in [-0.25, -0.2) is 4.79 Å². The second kappa shape index (κ2) is 2.40. The number of carbonyl (C=O) groups is 1. The lowest BCUT2D eigenvalue weighted by atomic mass is 9.88. The van der Waals surface area contributed by atoms with Gasteiger partial charge in [0.05, 0.1) is 0 Å². The second-order valence-electron chi connectivity index (χ2n) is 3.89. The minimum absolute atomic E-state index is 0.368. The maximum Gasteiger partial charge on any atom is 0.377 e. The van der Waals surface area contributed by atoms with Crippen molar-refractivity contribution in [2.45, 2.75) is 26.9 Å². The Bertz CT molecular complexity index is 246. The molecule has 0 aliphatic carbocycles. The van der Waals surface area contributed by atoms with Crippen LogP contribution in [0.5, 0.6) is 0 Å². The fourth-order valence-corrected chi connectivity index (χ4v) is 1.03. The van der Waals surface area contributed by atoms with E-state index in [1.807, 2.05) is 0 Å². The molecule has 1 aliphatic rings. The van der Waals surface area contributed by atoms with Crippen molar-refractivity contribution in [1.29, 1.82) is 0 Å². The molecule has 1 aliphatic heterocycles. The van der Waals surface area contributed by atoms with Crippen molar-refractivity contribution in [3.8, 4) is 0 Å². The first-order chi connectivity index (χ1) is 5.34. The normalized spacial score (nSPS) is 24.6. The molecule has 68 valence electrons. The maximum atomic E-state index is 10.8. The van der Waals surface area contributed by atoms with Gasteiger partial charge in [0.1, 0.15) is 0 Å². The summed E-state index contributed by atoms with van der Waals surface area (Å²) >= 11 is 0. The number of aliphatic hydroxyl groups is 2. The van der Waals surface area contributed by atoms with E-state index >= 15 is 0 Å². The molecular weight excluding hydrogens is 160 g/mol. The lowest BCUT2D eigenvalue weighted by molar-refractivity contribution is -0.146. The van der Waals surface area contributed by atoms with E-state index in [1.54, 1.807) is 20.8 Å². The first-order valence-corrected chi connectivity index (χ1v) is 3.67. The lowest BCUT2D eigenvalue weighted by Crippen LogP contribution is -2.28. The van der Waals surface area contributed by atoms with Crippen molar-refractivity contribution < 1.29 is 19.7 Å². The van der Waals surface area contributed by atoms with E-state index in [2.05, 4.69) is 0 Å². The molecule has 1 unspecified atom stereocenters. The van der Waals surface area contributed by atoms with E-state index in [1.165, 1.54) is 0 Å². The summed E-state index contributed by atoms with van der Waals surface area (Å²) in [5.41, 5.74) is -0.399. The zero-order valence-electron chi connectivity index (χ0n) is 7.29. The molecule has 0 bridgehead atoms. The van der Waals surface area contributed by atoms with Gasteiger partial charge in [-0.05, 0) is 0 Å². The number of carbonyl (C=O) groups excluding carboxylic acids is 1. The van der Waals surface area contributed by atoms with Gasteiger partial charge in [-0.2, -0.15) is 0 Å². The molecular formula is C8H12O4. The highest BCUT2D eigenvalue weighted by atomic mass is 16.6. The molecule has 0 fully saturated rings. The van der Waals surface area contributed by atoms with Crippen LogP contribution in [-0.4, -0.2) is 22.3 Å². The van der Waals surface area contributed by atoms with Crippen LogP contribution in [0.3, 0.4) is 0 Å². The number of hydrogen-bond donors (Lipinski definition) is 2. The van der Waals surface area contributed by atoms with Crippen molar-refractivity contribution in [3.05, 3.63) is 11.5 Å². The molecule has 1 rings (SSSR count). The van der Waals surface area contributed by atoms with Crippen molar-refractivity contribution in [2.75, 3.05) is 0 Å². The number of aliphatic hydroxyl groups excluding tert-OH is 2. The second-order valence-corrected chi connectivity index (χ2v) is 3.89. The Kier molecular flexibility index (Phi) is 1.78. The summed E-state index contributed by atoms with van der Waals surface area (Å²) in [6.45, 7) is 5.42. The van der Waals surface area contributed by atoms with Crippen molar-refractivity contribution in [2.24, 2.45) is 5.41 Å². The maximum absolute atomic E-state index is 10.8. The molecule has 4 heteroatoms. The Morgan fingerprint density at radius 3 is 2.00 bits per heavy atom. The summed E-state index contributed by atoms with van der Waals surface area (Å²) in [7, 11) is 0. The highest BCUT2D eigenvalue weighted by Crippen LogP contribution is 2.32. The van der Waals surface area contributed by atoms with Gasteiger partial charge in [-0.15, -0.1) is 0 Å². The fourth-order valence-electron chi connectivity index (χ4n) is 1.03. The van der Waals surface area contributed by atoms with Crippen molar-refractivity contribution in [1.82, 2.24) is 0 Å². The van der Waals surface area contributed by atoms with E-state index < -0.39 is 23.2 Å². The smallest absolute Gasteiger partial charge is 0.377 e. The van der Waals surface area contributed by atoms with Gasteiger partial charge < -0.3 is 14.9 Å². The van der Waals surface area contributed by atoms with Crippen LogP contribution in [0.25, 0.3) is 0 Å². The molecule has 0 aromatic carbocycles. The molecule has 0 saturated heterocycles. The number of rotatable bonds is 0. The van der Waals surface area contributed by atoms with E-state index in [-0.39, 0.29) is 5.76 Å². The van der Waals surface area contributed by atoms with Gasteiger partial charge in [-0.1, -0.05) is 20.8 Å². The molecule has 1 atom stereocenters. The largest absolute Gasteiger partial charge is 0.505 e. The van der Waals surface area contributed by atoms with E-state index in [0.717, 1.165) is 0 Å². The number of esters is 1. The molecule has 0 spiro atoms. The summed E-state index contributed by atoms with van der Waals surface area (Å²) < 4.78 is 4.74. The number of hydrogen-bond acceptors (Lipinski definition) is 4. The van der Waals surface area contributed by atoms with Crippen LogP contribution >= 0.6 is 0 Å². The zero-order valence-corrected chi connectivity index (χ0v) is 7.29. The van der Waals surface area contributed by atoms with E-state index in [9.17, 15) is 9.90 Å². The summed E-state index contributed by atoms with van der Waals surface area (Å²) in [5, 5.41) is 18.2. The molecule has 2 N–H and O–H groups in total. The molecule has 0 saturated carbocycles. The fraction of sp³-hybridized carbons (Fsp3) is 0.625. The van der Waals surface area contributed by atoms with Crippen molar-refractivity contribution >= 4 is 5.97 Å². The zero-order chi connectivity index (χ0) is 9.52. The van der Waals surface area contributed by atoms with Crippen LogP contribution in [0.1, 0.15) is 20.8 Å². The summed E-state index contributed by atoms with van der Waals surface area (Å²) in [6, 6.07) is 0. The molecule has 1 heterocycles. The highest BCUT2D eigenvalue weighted by Gasteiger charge is 2.41. The predicted octanol–water partition coefficient (Wildman–Crippen LogP) is 1.29. The van der Waals surface area contributed by atoms with Gasteiger partial charge >= 0.3 is 5.97 Å². The van der Waals surface area contributed by atoms with Crippen LogP contribution in [-0.2, 0) is 9.53 Å². The Hall–Kier alpha value is -1.19. The Balaban J connectivity index is 2.95. The molecule has 0 amide bonds. The van der Waals surface area contributed by atoms with Crippen LogP contribution in [0.2, 0.25) is 0 Å². The standard InChI is InChI=1S/C8H12O4/c1-8(2,3)6-4(9)5(10)7(11)12-6/h6,9-10H,1-3H3. The van der Waals surface area contributed by atoms with Gasteiger partial charge in [0.25, 0.3) is 0 Å². The lowest BCUT2D eigenvalue weighted by Gasteiger charge is -2.24. The van der Waals surface area contributed by atoms with Crippen LogP contribution < -0.4 is 0 Å². The Morgan fingerprint density at radius 2 is 1.83 bits per heavy atom. The average molecular weight is 172 g/mol.